The summed E-state index contributed by atoms with van der Waals surface area (Å²) in [5.41, 5.74) is 4.41. The highest BCUT2D eigenvalue weighted by molar-refractivity contribution is 5.63. The summed E-state index contributed by atoms with van der Waals surface area (Å²) in [6, 6.07) is 8.35. The van der Waals surface area contributed by atoms with E-state index in [1.165, 1.54) is 5.56 Å². The number of aromatic amines is 1. The predicted molar refractivity (Wildman–Crippen MR) is 85.9 cm³/mol. The number of aryl methyl sites for hydroxylation is 1. The molecule has 2 rings (SSSR count). The van der Waals surface area contributed by atoms with Crippen LogP contribution in [0.25, 0.3) is 11.3 Å². The smallest absolute Gasteiger partial charge is 0.0712 e. The van der Waals surface area contributed by atoms with Crippen LogP contribution >= 0.6 is 0 Å². The predicted octanol–water partition coefficient (Wildman–Crippen LogP) is 2.88. The molecule has 1 aromatic carbocycles. The van der Waals surface area contributed by atoms with Gasteiger partial charge in [-0.3, -0.25) is 5.10 Å². The number of hydrogen-bond acceptors (Lipinski definition) is 3. The number of benzene rings is 1. The van der Waals surface area contributed by atoms with Gasteiger partial charge in [-0.1, -0.05) is 44.5 Å². The zero-order valence-electron chi connectivity index (χ0n) is 13.3. The Kier molecular flexibility index (Phi) is 4.80. The van der Waals surface area contributed by atoms with Gasteiger partial charge in [-0.15, -0.1) is 0 Å². The van der Waals surface area contributed by atoms with Gasteiger partial charge in [-0.25, -0.2) is 0 Å². The fourth-order valence-electron chi connectivity index (χ4n) is 2.15. The molecule has 0 aliphatic carbocycles. The van der Waals surface area contributed by atoms with E-state index in [-0.39, 0.29) is 11.5 Å². The minimum Gasteiger partial charge on any atom is -0.391 e. The summed E-state index contributed by atoms with van der Waals surface area (Å²) in [4.78, 5) is 0. The molecule has 114 valence electrons. The summed E-state index contributed by atoms with van der Waals surface area (Å²) in [6.07, 6.45) is 1.47. The number of aromatic nitrogens is 2. The van der Waals surface area contributed by atoms with Crippen LogP contribution in [0.2, 0.25) is 0 Å². The molecular formula is C17H25N3O. The van der Waals surface area contributed by atoms with Gasteiger partial charge in [0.05, 0.1) is 18.0 Å². The summed E-state index contributed by atoms with van der Waals surface area (Å²) in [5, 5.41) is 20.6. The lowest BCUT2D eigenvalue weighted by Gasteiger charge is -2.26. The zero-order valence-corrected chi connectivity index (χ0v) is 13.3. The van der Waals surface area contributed by atoms with Crippen LogP contribution < -0.4 is 5.32 Å². The molecular weight excluding hydrogens is 262 g/mol. The molecule has 0 aliphatic heterocycles. The van der Waals surface area contributed by atoms with E-state index in [9.17, 15) is 5.11 Å². The Bertz CT molecular complexity index is 584. The molecule has 0 amide bonds. The lowest BCUT2D eigenvalue weighted by Crippen LogP contribution is -2.36. The molecule has 0 saturated carbocycles. The Labute approximate surface area is 126 Å². The molecule has 0 bridgehead atoms. The number of nitrogens with one attached hydrogen (secondary N) is 2. The number of nitrogens with zero attached hydrogens (tertiary/aromatic N) is 1. The Hall–Kier alpha value is -1.65. The van der Waals surface area contributed by atoms with Crippen LogP contribution in [0.1, 0.15) is 31.9 Å². The summed E-state index contributed by atoms with van der Waals surface area (Å²) >= 11 is 0. The second-order valence-electron chi connectivity index (χ2n) is 6.65. The molecule has 3 N–H and O–H groups in total. The van der Waals surface area contributed by atoms with Crippen LogP contribution in [0.3, 0.4) is 0 Å². The van der Waals surface area contributed by atoms with E-state index in [0.29, 0.717) is 13.1 Å². The normalized spacial score (nSPS) is 13.4. The second kappa shape index (κ2) is 6.41. The Balaban J connectivity index is 2.02. The average Bonchev–Trinajstić information content (AvgIpc) is 2.86. The maximum Gasteiger partial charge on any atom is 0.0712 e. The van der Waals surface area contributed by atoms with E-state index in [1.807, 2.05) is 33.0 Å². The van der Waals surface area contributed by atoms with Crippen molar-refractivity contribution in [1.82, 2.24) is 15.5 Å². The van der Waals surface area contributed by atoms with E-state index in [1.54, 1.807) is 0 Å². The first-order chi connectivity index (χ1) is 9.88. The van der Waals surface area contributed by atoms with Crippen molar-refractivity contribution in [2.75, 3.05) is 6.54 Å². The molecule has 1 heterocycles. The first-order valence-corrected chi connectivity index (χ1v) is 7.36. The molecule has 0 fully saturated rings. The lowest BCUT2D eigenvalue weighted by molar-refractivity contribution is 0.0628. The Morgan fingerprint density at radius 2 is 2.10 bits per heavy atom. The molecule has 0 aliphatic rings. The number of aliphatic hydroxyl groups is 1. The number of aliphatic hydroxyl groups excluding tert-OH is 1. The third-order valence-corrected chi connectivity index (χ3v) is 3.68. The Morgan fingerprint density at radius 1 is 1.33 bits per heavy atom. The fourth-order valence-corrected chi connectivity index (χ4v) is 2.15. The van der Waals surface area contributed by atoms with Crippen LogP contribution in [0, 0.1) is 12.3 Å². The van der Waals surface area contributed by atoms with Crippen LogP contribution in [0.5, 0.6) is 0 Å². The second-order valence-corrected chi connectivity index (χ2v) is 6.65. The van der Waals surface area contributed by atoms with Crippen molar-refractivity contribution in [1.29, 1.82) is 0 Å². The van der Waals surface area contributed by atoms with Gasteiger partial charge in [0.2, 0.25) is 0 Å². The van der Waals surface area contributed by atoms with E-state index in [4.69, 9.17) is 0 Å². The molecule has 0 spiro atoms. The van der Waals surface area contributed by atoms with Crippen molar-refractivity contribution >= 4 is 0 Å². The zero-order chi connectivity index (χ0) is 15.5. The summed E-state index contributed by atoms with van der Waals surface area (Å²) in [6.45, 7) is 9.45. The Morgan fingerprint density at radius 3 is 2.76 bits per heavy atom. The van der Waals surface area contributed by atoms with Crippen molar-refractivity contribution in [3.63, 3.8) is 0 Å². The van der Waals surface area contributed by atoms with Crippen molar-refractivity contribution in [2.45, 2.75) is 40.3 Å². The van der Waals surface area contributed by atoms with Gasteiger partial charge in [0.15, 0.2) is 0 Å². The highest BCUT2D eigenvalue weighted by Crippen LogP contribution is 2.22. The lowest BCUT2D eigenvalue weighted by atomic mass is 9.89. The SMILES string of the molecule is Cc1cccc(-c2[nH]ncc2CNCC(O)C(C)(C)C)c1. The van der Waals surface area contributed by atoms with Crippen LogP contribution in [0.15, 0.2) is 30.5 Å². The van der Waals surface area contributed by atoms with Crippen molar-refractivity contribution in [3.8, 4) is 11.3 Å². The summed E-state index contributed by atoms with van der Waals surface area (Å²) in [7, 11) is 0. The van der Waals surface area contributed by atoms with E-state index in [0.717, 1.165) is 16.8 Å². The highest BCUT2D eigenvalue weighted by Gasteiger charge is 2.21. The van der Waals surface area contributed by atoms with Gasteiger partial charge in [-0.2, -0.15) is 5.10 Å². The molecule has 1 unspecified atom stereocenters. The molecule has 1 aromatic heterocycles. The van der Waals surface area contributed by atoms with E-state index < -0.39 is 0 Å². The van der Waals surface area contributed by atoms with Gasteiger partial charge in [0, 0.05) is 24.2 Å². The van der Waals surface area contributed by atoms with E-state index >= 15 is 0 Å². The van der Waals surface area contributed by atoms with Crippen LogP contribution in [0.4, 0.5) is 0 Å². The summed E-state index contributed by atoms with van der Waals surface area (Å²) < 4.78 is 0. The molecule has 0 radical (unpaired) electrons. The molecule has 2 aromatic rings. The van der Waals surface area contributed by atoms with Gasteiger partial charge >= 0.3 is 0 Å². The minimum atomic E-state index is -0.369. The average molecular weight is 287 g/mol. The molecule has 21 heavy (non-hydrogen) atoms. The van der Waals surface area contributed by atoms with Gasteiger partial charge in [-0.05, 0) is 18.4 Å². The number of rotatable bonds is 5. The quantitative estimate of drug-likeness (QED) is 0.792. The minimum absolute atomic E-state index is 0.108. The molecule has 4 heteroatoms. The summed E-state index contributed by atoms with van der Waals surface area (Å²) in [5.74, 6) is 0. The number of hydrogen-bond donors (Lipinski definition) is 3. The third kappa shape index (κ3) is 4.16. The van der Waals surface area contributed by atoms with Crippen LogP contribution in [-0.4, -0.2) is 28.0 Å². The molecule has 4 nitrogen and oxygen atoms in total. The maximum atomic E-state index is 10.1. The van der Waals surface area contributed by atoms with E-state index in [2.05, 4.69) is 40.6 Å². The standard InChI is InChI=1S/C17H25N3O/c1-12-6-5-7-13(8-12)16-14(10-19-20-16)9-18-11-15(21)17(2,3)4/h5-8,10,15,18,21H,9,11H2,1-4H3,(H,19,20). The first kappa shape index (κ1) is 15.7. The van der Waals surface area contributed by atoms with Gasteiger partial charge in [0.25, 0.3) is 0 Å². The molecule has 0 saturated heterocycles. The topological polar surface area (TPSA) is 60.9 Å². The first-order valence-electron chi connectivity index (χ1n) is 7.36. The highest BCUT2D eigenvalue weighted by atomic mass is 16.3. The maximum absolute atomic E-state index is 10.1. The van der Waals surface area contributed by atoms with Gasteiger partial charge in [0.1, 0.15) is 0 Å². The van der Waals surface area contributed by atoms with Gasteiger partial charge < -0.3 is 10.4 Å². The number of H-pyrrole nitrogens is 1. The fraction of sp³-hybridized carbons (Fsp3) is 0.471. The monoisotopic (exact) mass is 287 g/mol. The van der Waals surface area contributed by atoms with Crippen molar-refractivity contribution < 1.29 is 5.11 Å². The van der Waals surface area contributed by atoms with Crippen molar-refractivity contribution in [2.24, 2.45) is 5.41 Å². The van der Waals surface area contributed by atoms with Crippen LogP contribution in [-0.2, 0) is 6.54 Å². The third-order valence-electron chi connectivity index (χ3n) is 3.68. The molecule has 1 atom stereocenters. The largest absolute Gasteiger partial charge is 0.391 e. The van der Waals surface area contributed by atoms with Crippen molar-refractivity contribution in [3.05, 3.63) is 41.6 Å².